The van der Waals surface area contributed by atoms with Crippen LogP contribution in [0.1, 0.15) is 77.4 Å². The molecule has 8 nitrogen and oxygen atoms in total. The van der Waals surface area contributed by atoms with E-state index in [1.54, 1.807) is 19.2 Å². The zero-order valence-electron chi connectivity index (χ0n) is 24.3. The number of nitrogens with one attached hydrogen (secondary N) is 1. The Labute approximate surface area is 254 Å². The van der Waals surface area contributed by atoms with Gasteiger partial charge in [0.15, 0.2) is 0 Å². The third-order valence-corrected chi connectivity index (χ3v) is 10.9. The molecule has 0 bridgehead atoms. The number of sulfonamides is 1. The molecular weight excluding hydrogens is 583 g/mol. The molecule has 7 rings (SSSR count). The standard InChI is InChI=1S/C34H33FN2O6S/c1-43-23-12-14-24-26(16-23)27-17-34(27,33(39)40)19-37-29-15-21(11-13-25(29)30(31(24)37)20-7-3-2-4-8-20)32(38)36-44(41,42)18-22-9-5-6-10-28(22)35/h5-6,9-16,20,27H,2-4,7-8,17-19H2,1H3,(H,36,38)(H,39,40). The maximum absolute atomic E-state index is 14.1. The quantitative estimate of drug-likeness (QED) is 0.251. The summed E-state index contributed by atoms with van der Waals surface area (Å²) in [6.45, 7) is 0.235. The van der Waals surface area contributed by atoms with Crippen molar-refractivity contribution in [3.05, 3.63) is 88.7 Å². The van der Waals surface area contributed by atoms with Crippen molar-refractivity contribution in [1.82, 2.24) is 9.29 Å². The van der Waals surface area contributed by atoms with Gasteiger partial charge in [-0.3, -0.25) is 9.59 Å². The third kappa shape index (κ3) is 4.67. The highest BCUT2D eigenvalue weighted by molar-refractivity contribution is 7.89. The number of carboxylic acids is 1. The van der Waals surface area contributed by atoms with Crippen LogP contribution in [0.25, 0.3) is 22.2 Å². The number of aliphatic carboxylic acids is 1. The van der Waals surface area contributed by atoms with Crippen LogP contribution in [0.3, 0.4) is 0 Å². The van der Waals surface area contributed by atoms with Gasteiger partial charge in [0, 0.05) is 40.1 Å². The molecule has 1 aromatic heterocycles. The molecule has 1 aliphatic heterocycles. The van der Waals surface area contributed by atoms with Crippen molar-refractivity contribution in [3.8, 4) is 17.0 Å². The maximum Gasteiger partial charge on any atom is 0.312 e. The summed E-state index contributed by atoms with van der Waals surface area (Å²) in [4.78, 5) is 26.1. The Hall–Kier alpha value is -4.18. The van der Waals surface area contributed by atoms with E-state index in [-0.39, 0.29) is 29.5 Å². The first kappa shape index (κ1) is 28.6. The molecule has 44 heavy (non-hydrogen) atoms. The highest BCUT2D eigenvalue weighted by Crippen LogP contribution is 2.65. The average Bonchev–Trinajstić information content (AvgIpc) is 3.69. The zero-order chi connectivity index (χ0) is 30.8. The molecule has 0 radical (unpaired) electrons. The Morgan fingerprint density at radius 2 is 1.84 bits per heavy atom. The van der Waals surface area contributed by atoms with E-state index >= 15 is 0 Å². The molecule has 1 amide bonds. The van der Waals surface area contributed by atoms with Crippen LogP contribution in [-0.4, -0.2) is 37.1 Å². The van der Waals surface area contributed by atoms with Gasteiger partial charge in [-0.2, -0.15) is 0 Å². The molecular formula is C34H33FN2O6S. The predicted octanol–water partition coefficient (Wildman–Crippen LogP) is 6.34. The van der Waals surface area contributed by atoms with Gasteiger partial charge in [-0.1, -0.05) is 43.5 Å². The molecule has 0 saturated heterocycles. The second-order valence-corrected chi connectivity index (χ2v) is 14.1. The second-order valence-electron chi connectivity index (χ2n) is 12.4. The van der Waals surface area contributed by atoms with Gasteiger partial charge in [0.2, 0.25) is 10.0 Å². The monoisotopic (exact) mass is 616 g/mol. The number of amides is 1. The Morgan fingerprint density at radius 1 is 1.07 bits per heavy atom. The number of carbonyl (C=O) groups excluding carboxylic acids is 1. The fourth-order valence-corrected chi connectivity index (χ4v) is 8.59. The van der Waals surface area contributed by atoms with Gasteiger partial charge in [0.25, 0.3) is 5.91 Å². The number of hydrogen-bond donors (Lipinski definition) is 2. The van der Waals surface area contributed by atoms with E-state index in [1.165, 1.54) is 30.7 Å². The number of hydrogen-bond acceptors (Lipinski definition) is 5. The molecule has 3 aliphatic rings. The number of rotatable bonds is 7. The van der Waals surface area contributed by atoms with E-state index in [4.69, 9.17) is 4.74 Å². The number of aromatic nitrogens is 1. The molecule has 2 unspecified atom stereocenters. The smallest absolute Gasteiger partial charge is 0.312 e. The molecule has 10 heteroatoms. The van der Waals surface area contributed by atoms with Crippen LogP contribution in [-0.2, 0) is 27.1 Å². The van der Waals surface area contributed by atoms with Crippen LogP contribution >= 0.6 is 0 Å². The molecule has 4 aromatic rings. The summed E-state index contributed by atoms with van der Waals surface area (Å²) >= 11 is 0. The largest absolute Gasteiger partial charge is 0.497 e. The lowest BCUT2D eigenvalue weighted by molar-refractivity contribution is -0.144. The lowest BCUT2D eigenvalue weighted by Gasteiger charge is -2.24. The number of carboxylic acid groups (broad SMARTS) is 1. The summed E-state index contributed by atoms with van der Waals surface area (Å²) < 4.78 is 49.6. The first-order valence-corrected chi connectivity index (χ1v) is 16.6. The lowest BCUT2D eigenvalue weighted by Crippen LogP contribution is -2.31. The molecule has 3 aromatic carbocycles. The van der Waals surface area contributed by atoms with Gasteiger partial charge >= 0.3 is 5.97 Å². The van der Waals surface area contributed by atoms with Crippen molar-refractivity contribution >= 4 is 32.8 Å². The highest BCUT2D eigenvalue weighted by Gasteiger charge is 2.63. The van der Waals surface area contributed by atoms with E-state index in [1.807, 2.05) is 24.3 Å². The number of nitrogens with zero attached hydrogens (tertiary/aromatic N) is 1. The van der Waals surface area contributed by atoms with Crippen LogP contribution in [0, 0.1) is 11.2 Å². The van der Waals surface area contributed by atoms with Gasteiger partial charge < -0.3 is 14.4 Å². The van der Waals surface area contributed by atoms with E-state index in [0.717, 1.165) is 53.5 Å². The van der Waals surface area contributed by atoms with Crippen LogP contribution in [0.5, 0.6) is 5.75 Å². The Bertz CT molecular complexity index is 1940. The number of methoxy groups -OCH3 is 1. The summed E-state index contributed by atoms with van der Waals surface area (Å²) in [5.41, 5.74) is 3.87. The Morgan fingerprint density at radius 3 is 2.57 bits per heavy atom. The summed E-state index contributed by atoms with van der Waals surface area (Å²) in [5, 5.41) is 11.4. The molecule has 2 atom stereocenters. The predicted molar refractivity (Wildman–Crippen MR) is 164 cm³/mol. The number of fused-ring (bicyclic) bond motifs is 7. The van der Waals surface area contributed by atoms with E-state index in [2.05, 4.69) is 9.29 Å². The summed E-state index contributed by atoms with van der Waals surface area (Å²) in [6.07, 6.45) is 5.91. The van der Waals surface area contributed by atoms with E-state index in [9.17, 15) is 27.5 Å². The van der Waals surface area contributed by atoms with Crippen molar-refractivity contribution in [2.24, 2.45) is 5.41 Å². The first-order valence-electron chi connectivity index (χ1n) is 15.0. The highest BCUT2D eigenvalue weighted by atomic mass is 32.2. The Balaban J connectivity index is 1.37. The fraction of sp³-hybridized carbons (Fsp3) is 0.353. The van der Waals surface area contributed by atoms with E-state index < -0.39 is 38.9 Å². The molecule has 2 heterocycles. The second kappa shape index (κ2) is 10.5. The molecule has 228 valence electrons. The molecule has 2 saturated carbocycles. The average molecular weight is 617 g/mol. The van der Waals surface area contributed by atoms with Crippen LogP contribution in [0.2, 0.25) is 0 Å². The van der Waals surface area contributed by atoms with Crippen molar-refractivity contribution in [1.29, 1.82) is 0 Å². The third-order valence-electron chi connectivity index (χ3n) is 9.76. The number of carbonyl (C=O) groups is 2. The van der Waals surface area contributed by atoms with Crippen LogP contribution < -0.4 is 9.46 Å². The number of benzene rings is 3. The SMILES string of the molecule is COc1ccc2c(c1)C1CC1(C(=O)O)Cn1c-2c(C2CCCCC2)c2ccc(C(=O)NS(=O)(=O)Cc3ccccc3F)cc21. The topological polar surface area (TPSA) is 115 Å². The van der Waals surface area contributed by atoms with Gasteiger partial charge in [-0.25, -0.2) is 17.5 Å². The minimum Gasteiger partial charge on any atom is -0.497 e. The van der Waals surface area contributed by atoms with Crippen LogP contribution in [0.15, 0.2) is 60.7 Å². The minimum absolute atomic E-state index is 0.0365. The number of ether oxygens (including phenoxy) is 1. The molecule has 0 spiro atoms. The van der Waals surface area contributed by atoms with Crippen molar-refractivity contribution in [3.63, 3.8) is 0 Å². The van der Waals surface area contributed by atoms with Gasteiger partial charge in [0.1, 0.15) is 11.6 Å². The van der Waals surface area contributed by atoms with Crippen molar-refractivity contribution in [2.45, 2.75) is 62.7 Å². The van der Waals surface area contributed by atoms with Crippen molar-refractivity contribution < 1.29 is 32.2 Å². The summed E-state index contributed by atoms with van der Waals surface area (Å²) in [6, 6.07) is 16.6. The van der Waals surface area contributed by atoms with E-state index in [0.29, 0.717) is 17.7 Å². The zero-order valence-corrected chi connectivity index (χ0v) is 25.1. The first-order chi connectivity index (χ1) is 21.1. The normalized spacial score (nSPS) is 21.1. The van der Waals surface area contributed by atoms with Gasteiger partial charge in [0.05, 0.1) is 24.0 Å². The Kier molecular flexibility index (Phi) is 6.80. The number of halogens is 1. The molecule has 2 N–H and O–H groups in total. The van der Waals surface area contributed by atoms with Crippen LogP contribution in [0.4, 0.5) is 4.39 Å². The van der Waals surface area contributed by atoms with Crippen molar-refractivity contribution in [2.75, 3.05) is 7.11 Å². The maximum atomic E-state index is 14.1. The summed E-state index contributed by atoms with van der Waals surface area (Å²) in [5.74, 6) is -2.26. The fourth-order valence-electron chi connectivity index (χ4n) is 7.48. The lowest BCUT2D eigenvalue weighted by atomic mass is 9.81. The molecule has 2 fully saturated rings. The molecule has 2 aliphatic carbocycles. The minimum atomic E-state index is -4.20. The summed E-state index contributed by atoms with van der Waals surface area (Å²) in [7, 11) is -2.60. The van der Waals surface area contributed by atoms with Gasteiger partial charge in [-0.15, -0.1) is 0 Å². The van der Waals surface area contributed by atoms with Gasteiger partial charge in [-0.05, 0) is 72.7 Å².